The fourth-order valence-corrected chi connectivity index (χ4v) is 2.11. The standard InChI is InChI=1S/C16H26ClNO3/c1-5-20-15-9-13(11-18-7-6-8-19-4)14(17)10-16(15)21-12(2)3/h9-10,12,18H,5-8,11H2,1-4H3. The quantitative estimate of drug-likeness (QED) is 0.669. The first-order valence-electron chi connectivity index (χ1n) is 7.40. The van der Waals surface area contributed by atoms with E-state index in [0.29, 0.717) is 23.9 Å². The Labute approximate surface area is 132 Å². The summed E-state index contributed by atoms with van der Waals surface area (Å²) in [5.74, 6) is 1.43. The Kier molecular flexibility index (Phi) is 8.50. The summed E-state index contributed by atoms with van der Waals surface area (Å²) >= 11 is 6.32. The Morgan fingerprint density at radius 1 is 1.24 bits per heavy atom. The SMILES string of the molecule is CCOc1cc(CNCCCOC)c(Cl)cc1OC(C)C. The molecule has 5 heteroatoms. The number of hydrogen-bond donors (Lipinski definition) is 1. The molecule has 0 bridgehead atoms. The van der Waals surface area contributed by atoms with Crippen LogP contribution in [0, 0.1) is 0 Å². The first-order chi connectivity index (χ1) is 10.1. The fourth-order valence-electron chi connectivity index (χ4n) is 1.89. The highest BCUT2D eigenvalue weighted by molar-refractivity contribution is 6.31. The highest BCUT2D eigenvalue weighted by atomic mass is 35.5. The van der Waals surface area contributed by atoms with Crippen LogP contribution < -0.4 is 14.8 Å². The Morgan fingerprint density at radius 3 is 2.62 bits per heavy atom. The van der Waals surface area contributed by atoms with Crippen LogP contribution in [-0.4, -0.2) is 33.0 Å². The normalized spacial score (nSPS) is 11.0. The lowest BCUT2D eigenvalue weighted by Gasteiger charge is -2.17. The summed E-state index contributed by atoms with van der Waals surface area (Å²) in [5.41, 5.74) is 1.01. The fraction of sp³-hybridized carbons (Fsp3) is 0.625. The molecule has 120 valence electrons. The van der Waals surface area contributed by atoms with Gasteiger partial charge in [0.1, 0.15) is 0 Å². The van der Waals surface area contributed by atoms with Crippen molar-refractivity contribution in [2.24, 2.45) is 0 Å². The number of benzene rings is 1. The minimum absolute atomic E-state index is 0.0818. The predicted octanol–water partition coefficient (Wildman–Crippen LogP) is 3.65. The third-order valence-corrected chi connectivity index (χ3v) is 3.14. The van der Waals surface area contributed by atoms with Gasteiger partial charge in [-0.1, -0.05) is 11.6 Å². The van der Waals surface area contributed by atoms with Crippen LogP contribution in [0.5, 0.6) is 11.5 Å². The van der Waals surface area contributed by atoms with Crippen LogP contribution in [-0.2, 0) is 11.3 Å². The largest absolute Gasteiger partial charge is 0.490 e. The molecule has 1 aromatic rings. The molecule has 0 heterocycles. The van der Waals surface area contributed by atoms with Crippen molar-refractivity contribution in [1.29, 1.82) is 0 Å². The van der Waals surface area contributed by atoms with Crippen molar-refractivity contribution >= 4 is 11.6 Å². The van der Waals surface area contributed by atoms with E-state index in [-0.39, 0.29) is 6.10 Å². The third kappa shape index (κ3) is 6.55. The molecule has 0 spiro atoms. The van der Waals surface area contributed by atoms with Crippen LogP contribution in [0.25, 0.3) is 0 Å². The van der Waals surface area contributed by atoms with Gasteiger partial charge in [0.15, 0.2) is 11.5 Å². The first-order valence-corrected chi connectivity index (χ1v) is 7.77. The lowest BCUT2D eigenvalue weighted by Crippen LogP contribution is -2.16. The van der Waals surface area contributed by atoms with Crippen LogP contribution >= 0.6 is 11.6 Å². The molecule has 0 unspecified atom stereocenters. The predicted molar refractivity (Wildman–Crippen MR) is 86.6 cm³/mol. The van der Waals surface area contributed by atoms with Crippen molar-refractivity contribution in [1.82, 2.24) is 5.32 Å². The minimum atomic E-state index is 0.0818. The number of nitrogens with one attached hydrogen (secondary N) is 1. The summed E-state index contributed by atoms with van der Waals surface area (Å²) in [4.78, 5) is 0. The maximum atomic E-state index is 6.32. The molecular weight excluding hydrogens is 290 g/mol. The van der Waals surface area contributed by atoms with Gasteiger partial charge in [0.05, 0.1) is 12.7 Å². The zero-order chi connectivity index (χ0) is 15.7. The van der Waals surface area contributed by atoms with Gasteiger partial charge in [-0.2, -0.15) is 0 Å². The van der Waals surface area contributed by atoms with E-state index in [1.54, 1.807) is 7.11 Å². The summed E-state index contributed by atoms with van der Waals surface area (Å²) in [7, 11) is 1.71. The topological polar surface area (TPSA) is 39.7 Å². The van der Waals surface area contributed by atoms with Gasteiger partial charge in [0.2, 0.25) is 0 Å². The summed E-state index contributed by atoms with van der Waals surface area (Å²) in [6.07, 6.45) is 1.05. The highest BCUT2D eigenvalue weighted by Crippen LogP contribution is 2.34. The lowest BCUT2D eigenvalue weighted by atomic mass is 10.2. The Balaban J connectivity index is 2.73. The Bertz CT molecular complexity index is 424. The number of ether oxygens (including phenoxy) is 3. The summed E-state index contributed by atoms with van der Waals surface area (Å²) in [6.45, 7) is 8.85. The zero-order valence-electron chi connectivity index (χ0n) is 13.4. The van der Waals surface area contributed by atoms with E-state index < -0.39 is 0 Å². The second-order valence-corrected chi connectivity index (χ2v) is 5.42. The van der Waals surface area contributed by atoms with Gasteiger partial charge in [-0.25, -0.2) is 0 Å². The molecule has 1 rings (SSSR count). The van der Waals surface area contributed by atoms with Crippen LogP contribution in [0.4, 0.5) is 0 Å². The average Bonchev–Trinajstić information content (AvgIpc) is 2.42. The number of rotatable bonds is 10. The van der Waals surface area contributed by atoms with E-state index in [1.807, 2.05) is 32.9 Å². The van der Waals surface area contributed by atoms with E-state index in [4.69, 9.17) is 25.8 Å². The molecule has 4 nitrogen and oxygen atoms in total. The molecule has 0 amide bonds. The molecule has 0 atom stereocenters. The second kappa shape index (κ2) is 9.87. The first kappa shape index (κ1) is 18.1. The number of halogens is 1. The van der Waals surface area contributed by atoms with Gasteiger partial charge in [-0.3, -0.25) is 0 Å². The van der Waals surface area contributed by atoms with Crippen LogP contribution in [0.3, 0.4) is 0 Å². The van der Waals surface area contributed by atoms with E-state index in [1.165, 1.54) is 0 Å². The van der Waals surface area contributed by atoms with Crippen LogP contribution in [0.2, 0.25) is 5.02 Å². The number of methoxy groups -OCH3 is 1. The molecule has 0 saturated carbocycles. The number of hydrogen-bond acceptors (Lipinski definition) is 4. The summed E-state index contributed by atoms with van der Waals surface area (Å²) < 4.78 is 16.4. The van der Waals surface area contributed by atoms with Gasteiger partial charge in [-0.05, 0) is 45.4 Å². The molecule has 1 aromatic carbocycles. The third-order valence-electron chi connectivity index (χ3n) is 2.79. The van der Waals surface area contributed by atoms with Crippen molar-refractivity contribution in [3.63, 3.8) is 0 Å². The molecule has 0 aliphatic rings. The van der Waals surface area contributed by atoms with Crippen molar-refractivity contribution in [3.05, 3.63) is 22.7 Å². The zero-order valence-corrected chi connectivity index (χ0v) is 14.1. The van der Waals surface area contributed by atoms with Crippen molar-refractivity contribution in [2.75, 3.05) is 26.9 Å². The Morgan fingerprint density at radius 2 is 2.00 bits per heavy atom. The molecule has 0 aliphatic heterocycles. The second-order valence-electron chi connectivity index (χ2n) is 5.01. The summed E-state index contributed by atoms with van der Waals surface area (Å²) in [6, 6.07) is 3.78. The molecule has 0 fully saturated rings. The molecule has 1 N–H and O–H groups in total. The minimum Gasteiger partial charge on any atom is -0.490 e. The van der Waals surface area contributed by atoms with Crippen LogP contribution in [0.15, 0.2) is 12.1 Å². The van der Waals surface area contributed by atoms with E-state index >= 15 is 0 Å². The lowest BCUT2D eigenvalue weighted by molar-refractivity contribution is 0.194. The Hall–Kier alpha value is -0.970. The van der Waals surface area contributed by atoms with Gasteiger partial charge in [0, 0.05) is 31.4 Å². The van der Waals surface area contributed by atoms with Crippen molar-refractivity contribution in [2.45, 2.75) is 39.8 Å². The molecule has 0 aliphatic carbocycles. The van der Waals surface area contributed by atoms with E-state index in [9.17, 15) is 0 Å². The molecule has 0 radical (unpaired) electrons. The molecule has 21 heavy (non-hydrogen) atoms. The van der Waals surface area contributed by atoms with Gasteiger partial charge < -0.3 is 19.5 Å². The molecular formula is C16H26ClNO3. The van der Waals surface area contributed by atoms with Gasteiger partial charge in [-0.15, -0.1) is 0 Å². The van der Waals surface area contributed by atoms with Crippen molar-refractivity contribution < 1.29 is 14.2 Å². The monoisotopic (exact) mass is 315 g/mol. The van der Waals surface area contributed by atoms with E-state index in [2.05, 4.69) is 5.32 Å². The van der Waals surface area contributed by atoms with E-state index in [0.717, 1.165) is 30.9 Å². The van der Waals surface area contributed by atoms with Gasteiger partial charge >= 0.3 is 0 Å². The highest BCUT2D eigenvalue weighted by Gasteiger charge is 2.12. The summed E-state index contributed by atoms with van der Waals surface area (Å²) in [5, 5.41) is 4.03. The maximum absolute atomic E-state index is 6.32. The molecule has 0 aromatic heterocycles. The molecule has 0 saturated heterocycles. The smallest absolute Gasteiger partial charge is 0.163 e. The van der Waals surface area contributed by atoms with Crippen LogP contribution in [0.1, 0.15) is 32.8 Å². The van der Waals surface area contributed by atoms with Crippen molar-refractivity contribution in [3.8, 4) is 11.5 Å². The average molecular weight is 316 g/mol. The maximum Gasteiger partial charge on any atom is 0.163 e. The van der Waals surface area contributed by atoms with Gasteiger partial charge in [0.25, 0.3) is 0 Å².